The van der Waals surface area contributed by atoms with E-state index in [1.165, 1.54) is 5.56 Å². The number of aryl methyl sites for hydroxylation is 1. The van der Waals surface area contributed by atoms with Gasteiger partial charge in [-0.1, -0.05) is 19.9 Å². The summed E-state index contributed by atoms with van der Waals surface area (Å²) in [4.78, 5) is 8.90. The first-order valence-corrected chi connectivity index (χ1v) is 7.18. The number of hydrogen-bond donors (Lipinski definition) is 1. The average Bonchev–Trinajstić information content (AvgIpc) is 2.90. The third-order valence-electron chi connectivity index (χ3n) is 3.34. The smallest absolute Gasteiger partial charge is 0.198 e. The van der Waals surface area contributed by atoms with Crippen LogP contribution >= 0.6 is 0 Å². The Morgan fingerprint density at radius 3 is 2.76 bits per heavy atom. The topological polar surface area (TPSA) is 51.0 Å². The summed E-state index contributed by atoms with van der Waals surface area (Å²) in [5, 5.41) is 3.37. The molecule has 0 fully saturated rings. The van der Waals surface area contributed by atoms with Gasteiger partial charge in [0.2, 0.25) is 0 Å². The standard InChI is InChI=1S/C17H19N3O/c1-11(2)17-20-15-8-13(6-7-16(15)21-17)19-10-14-5-4-12(3)9-18-14/h4-9,11,19H,10H2,1-3H3. The Bertz CT molecular complexity index is 744. The lowest BCUT2D eigenvalue weighted by Crippen LogP contribution is -2.01. The van der Waals surface area contributed by atoms with E-state index < -0.39 is 0 Å². The summed E-state index contributed by atoms with van der Waals surface area (Å²) in [5.41, 5.74) is 4.93. The maximum Gasteiger partial charge on any atom is 0.198 e. The maximum absolute atomic E-state index is 5.71. The molecule has 0 saturated carbocycles. The molecule has 0 radical (unpaired) electrons. The van der Waals surface area contributed by atoms with E-state index in [1.807, 2.05) is 37.4 Å². The second-order valence-electron chi connectivity index (χ2n) is 5.57. The molecule has 0 aliphatic carbocycles. The van der Waals surface area contributed by atoms with Crippen LogP contribution in [0, 0.1) is 6.92 Å². The van der Waals surface area contributed by atoms with Gasteiger partial charge in [0, 0.05) is 17.8 Å². The van der Waals surface area contributed by atoms with E-state index >= 15 is 0 Å². The molecule has 0 aliphatic rings. The molecule has 0 spiro atoms. The van der Waals surface area contributed by atoms with E-state index in [0.29, 0.717) is 12.5 Å². The molecule has 0 amide bonds. The van der Waals surface area contributed by atoms with Gasteiger partial charge >= 0.3 is 0 Å². The molecule has 1 aromatic carbocycles. The van der Waals surface area contributed by atoms with Crippen molar-refractivity contribution < 1.29 is 4.42 Å². The number of hydrogen-bond acceptors (Lipinski definition) is 4. The van der Waals surface area contributed by atoms with Gasteiger partial charge in [-0.05, 0) is 36.8 Å². The molecule has 0 aliphatic heterocycles. The average molecular weight is 281 g/mol. The van der Waals surface area contributed by atoms with Crippen LogP contribution in [0.2, 0.25) is 0 Å². The zero-order chi connectivity index (χ0) is 14.8. The fourth-order valence-electron chi connectivity index (χ4n) is 2.10. The van der Waals surface area contributed by atoms with Crippen LogP contribution in [0.25, 0.3) is 11.1 Å². The summed E-state index contributed by atoms with van der Waals surface area (Å²) in [6.07, 6.45) is 1.88. The highest BCUT2D eigenvalue weighted by Gasteiger charge is 2.09. The molecule has 3 aromatic rings. The number of anilines is 1. The Morgan fingerprint density at radius 2 is 2.05 bits per heavy atom. The predicted octanol–water partition coefficient (Wildman–Crippen LogP) is 4.27. The molecule has 0 unspecified atom stereocenters. The van der Waals surface area contributed by atoms with Gasteiger partial charge in [0.15, 0.2) is 11.5 Å². The fourth-order valence-corrected chi connectivity index (χ4v) is 2.10. The Hall–Kier alpha value is -2.36. The number of nitrogens with one attached hydrogen (secondary N) is 1. The number of pyridine rings is 1. The molecule has 0 bridgehead atoms. The molecule has 4 heteroatoms. The molecule has 2 aromatic heterocycles. The van der Waals surface area contributed by atoms with Crippen LogP contribution in [0.5, 0.6) is 0 Å². The van der Waals surface area contributed by atoms with Crippen molar-refractivity contribution in [3.8, 4) is 0 Å². The summed E-state index contributed by atoms with van der Waals surface area (Å²) in [7, 11) is 0. The predicted molar refractivity (Wildman–Crippen MR) is 84.4 cm³/mol. The first-order chi connectivity index (χ1) is 10.1. The molecule has 0 atom stereocenters. The van der Waals surface area contributed by atoms with Crippen LogP contribution < -0.4 is 5.32 Å². The molecule has 0 saturated heterocycles. The van der Waals surface area contributed by atoms with E-state index in [2.05, 4.69) is 35.2 Å². The molecule has 21 heavy (non-hydrogen) atoms. The minimum absolute atomic E-state index is 0.297. The van der Waals surface area contributed by atoms with Gasteiger partial charge < -0.3 is 9.73 Å². The third-order valence-corrected chi connectivity index (χ3v) is 3.34. The fraction of sp³-hybridized carbons (Fsp3) is 0.294. The highest BCUT2D eigenvalue weighted by Crippen LogP contribution is 2.23. The SMILES string of the molecule is Cc1ccc(CNc2ccc3oc(C(C)C)nc3c2)nc1. The summed E-state index contributed by atoms with van der Waals surface area (Å²) < 4.78 is 5.71. The lowest BCUT2D eigenvalue weighted by atomic mass is 10.2. The quantitative estimate of drug-likeness (QED) is 0.776. The molecule has 108 valence electrons. The lowest BCUT2D eigenvalue weighted by Gasteiger charge is -2.05. The Balaban J connectivity index is 1.76. The van der Waals surface area contributed by atoms with Crippen molar-refractivity contribution in [3.05, 3.63) is 53.7 Å². The van der Waals surface area contributed by atoms with Crippen molar-refractivity contribution in [2.75, 3.05) is 5.32 Å². The van der Waals surface area contributed by atoms with Gasteiger partial charge in [-0.15, -0.1) is 0 Å². The largest absolute Gasteiger partial charge is 0.440 e. The number of fused-ring (bicyclic) bond motifs is 1. The van der Waals surface area contributed by atoms with Gasteiger partial charge in [-0.25, -0.2) is 4.98 Å². The van der Waals surface area contributed by atoms with Gasteiger partial charge in [0.05, 0.1) is 12.2 Å². The first kappa shape index (κ1) is 13.6. The van der Waals surface area contributed by atoms with Crippen molar-refractivity contribution in [2.24, 2.45) is 0 Å². The van der Waals surface area contributed by atoms with E-state index in [9.17, 15) is 0 Å². The van der Waals surface area contributed by atoms with Crippen molar-refractivity contribution in [3.63, 3.8) is 0 Å². The maximum atomic E-state index is 5.71. The van der Waals surface area contributed by atoms with Crippen molar-refractivity contribution >= 4 is 16.8 Å². The summed E-state index contributed by atoms with van der Waals surface area (Å²) in [6.45, 7) is 6.88. The zero-order valence-corrected chi connectivity index (χ0v) is 12.6. The number of oxazole rings is 1. The number of nitrogens with zero attached hydrogens (tertiary/aromatic N) is 2. The van der Waals surface area contributed by atoms with Crippen molar-refractivity contribution in [1.82, 2.24) is 9.97 Å². The zero-order valence-electron chi connectivity index (χ0n) is 12.6. The third kappa shape index (κ3) is 3.05. The van der Waals surface area contributed by atoms with E-state index in [4.69, 9.17) is 4.42 Å². The van der Waals surface area contributed by atoms with Crippen LogP contribution in [-0.4, -0.2) is 9.97 Å². The summed E-state index contributed by atoms with van der Waals surface area (Å²) >= 11 is 0. The van der Waals surface area contributed by atoms with Gasteiger partial charge in [-0.3, -0.25) is 4.98 Å². The highest BCUT2D eigenvalue weighted by molar-refractivity contribution is 5.77. The normalized spacial score (nSPS) is 11.2. The summed E-state index contributed by atoms with van der Waals surface area (Å²) in [5.74, 6) is 1.08. The Morgan fingerprint density at radius 1 is 1.19 bits per heavy atom. The van der Waals surface area contributed by atoms with Gasteiger partial charge in [0.1, 0.15) is 5.52 Å². The lowest BCUT2D eigenvalue weighted by molar-refractivity contribution is 0.501. The van der Waals surface area contributed by atoms with Crippen LogP contribution in [0.15, 0.2) is 40.9 Å². The molecule has 3 rings (SSSR count). The van der Waals surface area contributed by atoms with Crippen LogP contribution in [-0.2, 0) is 6.54 Å². The monoisotopic (exact) mass is 281 g/mol. The van der Waals surface area contributed by atoms with E-state index in [1.54, 1.807) is 0 Å². The molecular weight excluding hydrogens is 262 g/mol. The van der Waals surface area contributed by atoms with Crippen LogP contribution in [0.1, 0.15) is 36.9 Å². The second kappa shape index (κ2) is 5.56. The van der Waals surface area contributed by atoms with Crippen molar-refractivity contribution in [1.29, 1.82) is 0 Å². The number of rotatable bonds is 4. The highest BCUT2D eigenvalue weighted by atomic mass is 16.3. The van der Waals surface area contributed by atoms with E-state index in [-0.39, 0.29) is 0 Å². The second-order valence-corrected chi connectivity index (χ2v) is 5.57. The van der Waals surface area contributed by atoms with Gasteiger partial charge in [-0.2, -0.15) is 0 Å². The Labute approximate surface area is 124 Å². The molecular formula is C17H19N3O. The number of aromatic nitrogens is 2. The molecule has 4 nitrogen and oxygen atoms in total. The Kier molecular flexibility index (Phi) is 3.60. The molecule has 2 heterocycles. The van der Waals surface area contributed by atoms with Crippen LogP contribution in [0.3, 0.4) is 0 Å². The van der Waals surface area contributed by atoms with E-state index in [0.717, 1.165) is 28.4 Å². The number of benzene rings is 1. The van der Waals surface area contributed by atoms with Gasteiger partial charge in [0.25, 0.3) is 0 Å². The van der Waals surface area contributed by atoms with Crippen molar-refractivity contribution in [2.45, 2.75) is 33.2 Å². The summed E-state index contributed by atoms with van der Waals surface area (Å²) in [6, 6.07) is 10.1. The van der Waals surface area contributed by atoms with Crippen LogP contribution in [0.4, 0.5) is 5.69 Å². The minimum atomic E-state index is 0.297. The first-order valence-electron chi connectivity index (χ1n) is 7.18. The molecule has 1 N–H and O–H groups in total. The minimum Gasteiger partial charge on any atom is -0.440 e.